The highest BCUT2D eigenvalue weighted by Gasteiger charge is 2.37. The molecule has 2 heterocycles. The second kappa shape index (κ2) is 5.72. The van der Waals surface area contributed by atoms with Crippen molar-refractivity contribution in [2.24, 2.45) is 0 Å². The summed E-state index contributed by atoms with van der Waals surface area (Å²) >= 11 is 1.42. The molecule has 0 N–H and O–H groups in total. The van der Waals surface area contributed by atoms with Gasteiger partial charge in [-0.05, 0) is 42.3 Å². The Hall–Kier alpha value is -1.89. The summed E-state index contributed by atoms with van der Waals surface area (Å²) in [7, 11) is 0. The minimum atomic E-state index is -4.37. The van der Waals surface area contributed by atoms with Crippen molar-refractivity contribution in [1.29, 1.82) is 0 Å². The molecule has 1 aliphatic rings. The van der Waals surface area contributed by atoms with Crippen molar-refractivity contribution in [2.45, 2.75) is 19.3 Å². The second-order valence-electron chi connectivity index (χ2n) is 4.67. The number of hydrogen-bond donors (Lipinski definition) is 0. The zero-order valence-corrected chi connectivity index (χ0v) is 12.5. The second-order valence-corrected chi connectivity index (χ2v) is 5.90. The first-order valence-corrected chi connectivity index (χ1v) is 7.65. The maximum atomic E-state index is 12.9. The molecule has 116 valence electrons. The number of ether oxygens (including phenoxy) is 1. The smallest absolute Gasteiger partial charge is 0.416 e. The number of pyridine rings is 1. The molecule has 3 nitrogen and oxygen atoms in total. The van der Waals surface area contributed by atoms with Crippen LogP contribution in [-0.2, 0) is 6.18 Å². The lowest BCUT2D eigenvalue weighted by Crippen LogP contribution is -2.20. The molecular formula is C15H13F3N2OS. The minimum Gasteiger partial charge on any atom is -0.463 e. The van der Waals surface area contributed by atoms with E-state index >= 15 is 0 Å². The van der Waals surface area contributed by atoms with Gasteiger partial charge >= 0.3 is 6.18 Å². The van der Waals surface area contributed by atoms with Crippen LogP contribution in [0.1, 0.15) is 24.3 Å². The molecule has 1 atom stereocenters. The van der Waals surface area contributed by atoms with E-state index in [-0.39, 0.29) is 0 Å². The van der Waals surface area contributed by atoms with Crippen LogP contribution in [0.3, 0.4) is 0 Å². The van der Waals surface area contributed by atoms with Crippen molar-refractivity contribution in [1.82, 2.24) is 4.98 Å². The van der Waals surface area contributed by atoms with Crippen molar-refractivity contribution in [3.8, 4) is 5.75 Å². The Balaban J connectivity index is 2.01. The molecule has 0 saturated carbocycles. The number of hydrogen-bond acceptors (Lipinski definition) is 4. The van der Waals surface area contributed by atoms with E-state index in [1.807, 2.05) is 6.92 Å². The predicted molar refractivity (Wildman–Crippen MR) is 79.7 cm³/mol. The van der Waals surface area contributed by atoms with E-state index in [1.165, 1.54) is 18.0 Å². The Kier molecular flexibility index (Phi) is 3.90. The van der Waals surface area contributed by atoms with Crippen LogP contribution in [0.5, 0.6) is 5.75 Å². The normalized spacial score (nSPS) is 17.3. The standard InChI is InChI=1S/C15H13F3N2OS/c1-2-22-20-12-9-11(15(16,17)18)3-4-13(12)21-14(20)10-5-7-19-8-6-10/h3-9,14H,2H2,1H3. The molecule has 1 aromatic heterocycles. The summed E-state index contributed by atoms with van der Waals surface area (Å²) in [6, 6.07) is 7.15. The van der Waals surface area contributed by atoms with Crippen LogP contribution < -0.4 is 9.04 Å². The summed E-state index contributed by atoms with van der Waals surface area (Å²) in [6.07, 6.45) is -1.55. The molecule has 0 radical (unpaired) electrons. The fourth-order valence-corrected chi connectivity index (χ4v) is 3.13. The van der Waals surface area contributed by atoms with Gasteiger partial charge in [-0.3, -0.25) is 9.29 Å². The summed E-state index contributed by atoms with van der Waals surface area (Å²) in [5.74, 6) is 1.18. The highest BCUT2D eigenvalue weighted by atomic mass is 32.2. The topological polar surface area (TPSA) is 25.4 Å². The van der Waals surface area contributed by atoms with Gasteiger partial charge in [0.15, 0.2) is 0 Å². The molecule has 1 aliphatic heterocycles. The van der Waals surface area contributed by atoms with Crippen LogP contribution in [0.25, 0.3) is 0 Å². The Bertz CT molecular complexity index is 664. The van der Waals surface area contributed by atoms with Gasteiger partial charge < -0.3 is 4.74 Å². The van der Waals surface area contributed by atoms with Gasteiger partial charge in [-0.1, -0.05) is 6.92 Å². The predicted octanol–water partition coefficient (Wildman–Crippen LogP) is 4.67. The number of benzene rings is 1. The van der Waals surface area contributed by atoms with Gasteiger partial charge in [-0.15, -0.1) is 0 Å². The Labute approximate surface area is 130 Å². The van der Waals surface area contributed by atoms with Crippen LogP contribution >= 0.6 is 11.9 Å². The molecule has 2 aromatic rings. The fraction of sp³-hybridized carbons (Fsp3) is 0.267. The van der Waals surface area contributed by atoms with E-state index in [0.717, 1.165) is 23.4 Å². The van der Waals surface area contributed by atoms with Gasteiger partial charge in [0.05, 0.1) is 11.3 Å². The number of halogens is 3. The molecule has 0 amide bonds. The van der Waals surface area contributed by atoms with E-state index in [2.05, 4.69) is 4.98 Å². The lowest BCUT2D eigenvalue weighted by molar-refractivity contribution is -0.137. The van der Waals surface area contributed by atoms with E-state index in [4.69, 9.17) is 4.74 Å². The summed E-state index contributed by atoms with van der Waals surface area (Å²) < 4.78 is 46.4. The lowest BCUT2D eigenvalue weighted by Gasteiger charge is -2.23. The molecule has 3 rings (SSSR count). The summed E-state index contributed by atoms with van der Waals surface area (Å²) in [4.78, 5) is 3.95. The van der Waals surface area contributed by atoms with Crippen molar-refractivity contribution < 1.29 is 17.9 Å². The van der Waals surface area contributed by atoms with E-state index < -0.39 is 18.0 Å². The van der Waals surface area contributed by atoms with Crippen molar-refractivity contribution in [3.63, 3.8) is 0 Å². The molecule has 0 bridgehead atoms. The zero-order chi connectivity index (χ0) is 15.7. The quantitative estimate of drug-likeness (QED) is 0.766. The Morgan fingerprint density at radius 3 is 2.59 bits per heavy atom. The first-order valence-electron chi connectivity index (χ1n) is 6.70. The van der Waals surface area contributed by atoms with E-state index in [0.29, 0.717) is 11.4 Å². The molecule has 0 spiro atoms. The van der Waals surface area contributed by atoms with Gasteiger partial charge in [-0.2, -0.15) is 13.2 Å². The number of nitrogens with zero attached hydrogens (tertiary/aromatic N) is 2. The number of rotatable bonds is 3. The molecule has 0 saturated heterocycles. The Morgan fingerprint density at radius 1 is 1.23 bits per heavy atom. The summed E-state index contributed by atoms with van der Waals surface area (Å²) in [5.41, 5.74) is 0.621. The number of aromatic nitrogens is 1. The molecule has 1 unspecified atom stereocenters. The molecular weight excluding hydrogens is 313 g/mol. The van der Waals surface area contributed by atoms with Gasteiger partial charge in [-0.25, -0.2) is 0 Å². The van der Waals surface area contributed by atoms with Gasteiger partial charge in [0.25, 0.3) is 0 Å². The van der Waals surface area contributed by atoms with Crippen LogP contribution in [-0.4, -0.2) is 10.7 Å². The lowest BCUT2D eigenvalue weighted by atomic mass is 10.2. The maximum Gasteiger partial charge on any atom is 0.416 e. The van der Waals surface area contributed by atoms with Gasteiger partial charge in [0.2, 0.25) is 6.23 Å². The largest absolute Gasteiger partial charge is 0.463 e. The molecule has 7 heteroatoms. The number of alkyl halides is 3. The Morgan fingerprint density at radius 2 is 1.95 bits per heavy atom. The first kappa shape index (κ1) is 15.0. The van der Waals surface area contributed by atoms with Crippen molar-refractivity contribution in [3.05, 3.63) is 53.9 Å². The average Bonchev–Trinajstić information content (AvgIpc) is 2.86. The van der Waals surface area contributed by atoms with Crippen LogP contribution in [0, 0.1) is 0 Å². The monoisotopic (exact) mass is 326 g/mol. The maximum absolute atomic E-state index is 12.9. The third kappa shape index (κ3) is 2.72. The van der Waals surface area contributed by atoms with Crippen molar-refractivity contribution in [2.75, 3.05) is 10.1 Å². The van der Waals surface area contributed by atoms with Gasteiger partial charge in [0, 0.05) is 23.7 Å². The number of anilines is 1. The van der Waals surface area contributed by atoms with Gasteiger partial charge in [0.1, 0.15) is 5.75 Å². The first-order chi connectivity index (χ1) is 10.5. The fourth-order valence-electron chi connectivity index (χ4n) is 2.27. The molecule has 22 heavy (non-hydrogen) atoms. The van der Waals surface area contributed by atoms with Crippen molar-refractivity contribution >= 4 is 17.6 Å². The highest BCUT2D eigenvalue weighted by Crippen LogP contribution is 2.48. The van der Waals surface area contributed by atoms with Crippen LogP contribution in [0.15, 0.2) is 42.7 Å². The van der Waals surface area contributed by atoms with E-state index in [9.17, 15) is 13.2 Å². The molecule has 0 fully saturated rings. The van der Waals surface area contributed by atoms with E-state index in [1.54, 1.807) is 28.8 Å². The molecule has 0 aliphatic carbocycles. The van der Waals surface area contributed by atoms with Crippen LogP contribution in [0.4, 0.5) is 18.9 Å². The average molecular weight is 326 g/mol. The number of fused-ring (bicyclic) bond motifs is 1. The summed E-state index contributed by atoms with van der Waals surface area (Å²) in [6.45, 7) is 1.94. The minimum absolute atomic E-state index is 0.448. The summed E-state index contributed by atoms with van der Waals surface area (Å²) in [5, 5.41) is 0. The third-order valence-electron chi connectivity index (χ3n) is 3.23. The highest BCUT2D eigenvalue weighted by molar-refractivity contribution is 8.00. The van der Waals surface area contributed by atoms with Crippen LogP contribution in [0.2, 0.25) is 0 Å². The molecule has 1 aromatic carbocycles. The third-order valence-corrected chi connectivity index (χ3v) is 4.16. The zero-order valence-electron chi connectivity index (χ0n) is 11.7. The SMILES string of the molecule is CCSN1c2cc(C(F)(F)F)ccc2OC1c1ccncc1.